The van der Waals surface area contributed by atoms with E-state index in [1.807, 2.05) is 33.8 Å². The summed E-state index contributed by atoms with van der Waals surface area (Å²) in [5.74, 6) is -8.87. The van der Waals surface area contributed by atoms with Gasteiger partial charge in [0, 0.05) is 59.2 Å². The van der Waals surface area contributed by atoms with Crippen LogP contribution in [0.1, 0.15) is 66.7 Å². The van der Waals surface area contributed by atoms with Gasteiger partial charge in [0.05, 0.1) is 47.4 Å². The molecule has 1 fully saturated rings. The predicted octanol–water partition coefficient (Wildman–Crippen LogP) is 7.13. The van der Waals surface area contributed by atoms with Crippen molar-refractivity contribution in [2.24, 2.45) is 26.8 Å². The summed E-state index contributed by atoms with van der Waals surface area (Å²) in [6.07, 6.45) is -3.38. The Morgan fingerprint density at radius 3 is 2.31 bits per heavy atom. The lowest BCUT2D eigenvalue weighted by Crippen LogP contribution is -2.45. The number of allylic oxidation sites excluding steroid dienone is 11. The molecule has 0 aromatic heterocycles. The first-order chi connectivity index (χ1) is 23.9. The molecular weight excluding hydrogens is 675 g/mol. The van der Waals surface area contributed by atoms with Gasteiger partial charge in [-0.25, -0.2) is 15.0 Å². The predicted molar refractivity (Wildman–Crippen MR) is 180 cm³/mol. The molecule has 0 aromatic carbocycles. The number of nitrogens with one attached hydrogen (secondary N) is 1. The fourth-order valence-electron chi connectivity index (χ4n) is 7.48. The van der Waals surface area contributed by atoms with E-state index in [9.17, 15) is 41.8 Å². The molecule has 6 rings (SSSR count). The summed E-state index contributed by atoms with van der Waals surface area (Å²) in [5.41, 5.74) is 7.92. The Labute approximate surface area is 290 Å². The van der Waals surface area contributed by atoms with Crippen LogP contribution in [-0.2, 0) is 14.3 Å². The summed E-state index contributed by atoms with van der Waals surface area (Å²) in [4.78, 5) is 39.0. The maximum absolute atomic E-state index is 14.0. The van der Waals surface area contributed by atoms with Crippen LogP contribution in [0.3, 0.4) is 0 Å². The number of carbonyl (C=O) groups excluding carboxylic acids is 2. The number of alkyl halides is 5. The van der Waals surface area contributed by atoms with E-state index in [0.29, 0.717) is 46.9 Å². The van der Waals surface area contributed by atoms with Crippen molar-refractivity contribution >= 4 is 28.9 Å². The number of Topliss-reactive ketones (excluding diaryl/α,β-unsaturated/α-hetero) is 1. The number of nitrogens with zero attached hydrogens (tertiary/aromatic N) is 3. The summed E-state index contributed by atoms with van der Waals surface area (Å²) in [6.45, 7) is 9.12. The topological polar surface area (TPSA) is 133 Å². The molecule has 3 N–H and O–H groups in total. The van der Waals surface area contributed by atoms with Gasteiger partial charge in [-0.1, -0.05) is 13.8 Å². The molecule has 1 saturated heterocycles. The minimum atomic E-state index is -6.12. The normalized spacial score (nSPS) is 23.8. The van der Waals surface area contributed by atoms with Gasteiger partial charge < -0.3 is 20.3 Å². The molecule has 5 aliphatic heterocycles. The van der Waals surface area contributed by atoms with Crippen molar-refractivity contribution in [2.75, 3.05) is 7.11 Å². The van der Waals surface area contributed by atoms with Crippen LogP contribution < -0.4 is 5.32 Å². The van der Waals surface area contributed by atoms with Crippen molar-refractivity contribution in [2.45, 2.75) is 84.9 Å². The second kappa shape index (κ2) is 12.8. The molecule has 1 aliphatic carbocycles. The van der Waals surface area contributed by atoms with Crippen LogP contribution in [0.4, 0.5) is 22.0 Å². The molecule has 51 heavy (non-hydrogen) atoms. The maximum Gasteiger partial charge on any atom is 0.461 e. The number of rotatable bonds is 8. The number of aliphatic hydroxyl groups is 2. The number of aliphatic hydroxyl groups excluding tert-OH is 2. The number of fused-ring (bicyclic) bond motifs is 5. The maximum atomic E-state index is 14.0. The van der Waals surface area contributed by atoms with Gasteiger partial charge in [0.1, 0.15) is 5.76 Å². The average Bonchev–Trinajstić information content (AvgIpc) is 3.81. The highest BCUT2D eigenvalue weighted by atomic mass is 19.4. The largest absolute Gasteiger partial charge is 0.511 e. The van der Waals surface area contributed by atoms with Crippen LogP contribution in [0.25, 0.3) is 0 Å². The summed E-state index contributed by atoms with van der Waals surface area (Å²) in [5, 5.41) is 25.9. The Hall–Kier alpha value is -4.72. The number of ether oxygens (including phenoxy) is 1. The van der Waals surface area contributed by atoms with E-state index in [1.165, 1.54) is 13.2 Å². The Balaban J connectivity index is 1.55. The van der Waals surface area contributed by atoms with Crippen LogP contribution in [0.15, 0.2) is 106 Å². The van der Waals surface area contributed by atoms with Crippen molar-refractivity contribution in [3.8, 4) is 0 Å². The van der Waals surface area contributed by atoms with Crippen LogP contribution >= 0.6 is 0 Å². The first kappa shape index (κ1) is 36.1. The number of hydrogen-bond acceptors (Lipinski definition) is 9. The molecule has 0 amide bonds. The smallest absolute Gasteiger partial charge is 0.461 e. The minimum absolute atomic E-state index is 0.0639. The minimum Gasteiger partial charge on any atom is -0.511 e. The molecule has 0 spiro atoms. The standard InChI is InChI=1S/C37H37F5N4O5/c1-7-19-15(2)22-13-27-32(29(48)14-30(49)36(38,39)37(40,41)42)17(4)24(44-27)11-23-16(3)20(8-9-31(50)51-6)34(45-23)21-10-28(47)33-18(5)25(46-35(21)33)12-26(19)43-22/h11-13,16,20,29,45,47-48H,7-10,14H2,1-6H3/t16-,20-,29?/m0/s1. The third-order valence-corrected chi connectivity index (χ3v) is 10.4. The highest BCUT2D eigenvalue weighted by molar-refractivity contribution is 6.21. The summed E-state index contributed by atoms with van der Waals surface area (Å²) >= 11 is 0. The van der Waals surface area contributed by atoms with Gasteiger partial charge in [-0.3, -0.25) is 9.59 Å². The molecule has 3 atom stereocenters. The molecule has 6 aliphatic rings. The molecule has 5 heterocycles. The molecule has 270 valence electrons. The van der Waals surface area contributed by atoms with E-state index in [-0.39, 0.29) is 53.0 Å². The van der Waals surface area contributed by atoms with Crippen LogP contribution in [0, 0.1) is 11.8 Å². The lowest BCUT2D eigenvalue weighted by molar-refractivity contribution is -0.269. The fourth-order valence-corrected chi connectivity index (χ4v) is 7.48. The van der Waals surface area contributed by atoms with Crippen molar-refractivity contribution in [3.63, 3.8) is 0 Å². The van der Waals surface area contributed by atoms with Gasteiger partial charge in [0.15, 0.2) is 0 Å². The van der Waals surface area contributed by atoms with Crippen LogP contribution in [0.5, 0.6) is 0 Å². The van der Waals surface area contributed by atoms with E-state index in [1.54, 1.807) is 13.0 Å². The Morgan fingerprint density at radius 2 is 1.67 bits per heavy atom. The molecule has 0 saturated carbocycles. The zero-order valence-electron chi connectivity index (χ0n) is 28.9. The SMILES string of the molecule is CCC1=C(C)C2=NC1=CC1=C(C)C3=C(O)CC(=C4NC(=CC5=NC(=C2)C(C(O)CC(=O)C(F)(F)C(F)(F)F)=C5C)[C@@H](C)[C@@H]4CCC(=O)OC)C3=N1. The Morgan fingerprint density at radius 1 is 1.00 bits per heavy atom. The second-order valence-corrected chi connectivity index (χ2v) is 13.4. The monoisotopic (exact) mass is 712 g/mol. The van der Waals surface area contributed by atoms with Gasteiger partial charge in [-0.15, -0.1) is 0 Å². The van der Waals surface area contributed by atoms with Gasteiger partial charge >= 0.3 is 18.1 Å². The molecule has 14 heteroatoms. The van der Waals surface area contributed by atoms with Gasteiger partial charge in [0.25, 0.3) is 0 Å². The lowest BCUT2D eigenvalue weighted by atomic mass is 9.86. The quantitative estimate of drug-likeness (QED) is 0.181. The lowest BCUT2D eigenvalue weighted by Gasteiger charge is -2.20. The third-order valence-electron chi connectivity index (χ3n) is 10.4. The second-order valence-electron chi connectivity index (χ2n) is 13.4. The third kappa shape index (κ3) is 5.96. The van der Waals surface area contributed by atoms with E-state index in [0.717, 1.165) is 28.0 Å². The van der Waals surface area contributed by atoms with E-state index in [2.05, 4.69) is 5.32 Å². The number of carbonyl (C=O) groups is 2. The zero-order chi connectivity index (χ0) is 37.3. The van der Waals surface area contributed by atoms with Gasteiger partial charge in [0.2, 0.25) is 5.78 Å². The number of esters is 1. The highest BCUT2D eigenvalue weighted by Crippen LogP contribution is 2.47. The molecule has 9 nitrogen and oxygen atoms in total. The Kier molecular flexibility index (Phi) is 9.06. The van der Waals surface area contributed by atoms with Crippen molar-refractivity contribution in [3.05, 3.63) is 91.5 Å². The van der Waals surface area contributed by atoms with E-state index >= 15 is 0 Å². The average molecular weight is 713 g/mol. The van der Waals surface area contributed by atoms with Gasteiger partial charge in [-0.05, 0) is 74.1 Å². The number of aliphatic imine (C=N–C) groups is 3. The van der Waals surface area contributed by atoms with Crippen molar-refractivity contribution < 1.29 is 46.5 Å². The molecule has 0 aromatic rings. The van der Waals surface area contributed by atoms with Crippen molar-refractivity contribution in [1.82, 2.24) is 5.32 Å². The number of methoxy groups -OCH3 is 1. The fraction of sp³-hybridized carbons (Fsp3) is 0.432. The highest BCUT2D eigenvalue weighted by Gasteiger charge is 2.63. The molecular formula is C37H37F5N4O5. The molecule has 8 bridgehead atoms. The van der Waals surface area contributed by atoms with Crippen LogP contribution in [0.2, 0.25) is 0 Å². The van der Waals surface area contributed by atoms with Gasteiger partial charge in [-0.2, -0.15) is 22.0 Å². The first-order valence-corrected chi connectivity index (χ1v) is 16.6. The summed E-state index contributed by atoms with van der Waals surface area (Å²) in [6, 6.07) is 0. The summed E-state index contributed by atoms with van der Waals surface area (Å²) < 4.78 is 72.1. The summed E-state index contributed by atoms with van der Waals surface area (Å²) in [7, 11) is 1.30. The molecule has 1 unspecified atom stereocenters. The first-order valence-electron chi connectivity index (χ1n) is 16.6. The number of halogens is 5. The number of hydrogen-bond donors (Lipinski definition) is 3. The van der Waals surface area contributed by atoms with E-state index < -0.39 is 36.4 Å². The van der Waals surface area contributed by atoms with Crippen molar-refractivity contribution in [1.29, 1.82) is 0 Å². The Bertz CT molecular complexity index is 2020. The number of ketones is 1. The van der Waals surface area contributed by atoms with Crippen LogP contribution in [-0.4, -0.2) is 64.4 Å². The molecule has 0 radical (unpaired) electrons. The van der Waals surface area contributed by atoms with E-state index in [4.69, 9.17) is 19.7 Å². The zero-order valence-corrected chi connectivity index (χ0v) is 28.9.